The first-order valence-corrected chi connectivity index (χ1v) is 7.29. The average molecular weight is 267 g/mol. The Morgan fingerprint density at radius 3 is 2.45 bits per heavy atom. The minimum Gasteiger partial charge on any atom is -0.389 e. The van der Waals surface area contributed by atoms with E-state index in [4.69, 9.17) is 0 Å². The van der Waals surface area contributed by atoms with Crippen LogP contribution in [0.3, 0.4) is 0 Å². The van der Waals surface area contributed by atoms with Crippen LogP contribution >= 0.6 is 0 Å². The normalized spacial score (nSPS) is 19.6. The van der Waals surface area contributed by atoms with Crippen molar-refractivity contribution in [2.75, 3.05) is 11.4 Å². The van der Waals surface area contributed by atoms with Gasteiger partial charge < -0.3 is 10.0 Å². The van der Waals surface area contributed by atoms with E-state index in [1.54, 1.807) is 0 Å². The number of aliphatic hydroxyl groups excluding tert-OH is 1. The lowest BCUT2D eigenvalue weighted by Crippen LogP contribution is -2.31. The van der Waals surface area contributed by atoms with E-state index >= 15 is 0 Å². The van der Waals surface area contributed by atoms with E-state index in [1.165, 1.54) is 11.3 Å². The highest BCUT2D eigenvalue weighted by Gasteiger charge is 2.24. The van der Waals surface area contributed by atoms with Gasteiger partial charge in [-0.25, -0.2) is 0 Å². The molecule has 0 aromatic heterocycles. The molecule has 0 saturated heterocycles. The monoisotopic (exact) mass is 267 g/mol. The summed E-state index contributed by atoms with van der Waals surface area (Å²) in [6.45, 7) is 5.12. The van der Waals surface area contributed by atoms with Crippen LogP contribution in [-0.2, 0) is 6.42 Å². The van der Waals surface area contributed by atoms with Crippen molar-refractivity contribution < 1.29 is 5.11 Å². The van der Waals surface area contributed by atoms with Crippen LogP contribution in [0.5, 0.6) is 0 Å². The molecule has 1 aliphatic rings. The number of anilines is 2. The van der Waals surface area contributed by atoms with Crippen molar-refractivity contribution in [3.8, 4) is 0 Å². The smallest absolute Gasteiger partial charge is 0.0782 e. The minimum atomic E-state index is -0.449. The van der Waals surface area contributed by atoms with Gasteiger partial charge in [0.2, 0.25) is 0 Å². The molecule has 3 rings (SSSR count). The first kappa shape index (κ1) is 13.2. The Morgan fingerprint density at radius 1 is 1.05 bits per heavy atom. The summed E-state index contributed by atoms with van der Waals surface area (Å²) in [4.78, 5) is 2.35. The quantitative estimate of drug-likeness (QED) is 0.886. The second-order valence-corrected chi connectivity index (χ2v) is 5.78. The third-order valence-corrected chi connectivity index (χ3v) is 4.02. The maximum Gasteiger partial charge on any atom is 0.0782 e. The van der Waals surface area contributed by atoms with Crippen LogP contribution in [0.4, 0.5) is 11.4 Å². The number of nitrogens with zero attached hydrogens (tertiary/aromatic N) is 1. The zero-order valence-electron chi connectivity index (χ0n) is 12.1. The molecular weight excluding hydrogens is 246 g/mol. The summed E-state index contributed by atoms with van der Waals surface area (Å²) < 4.78 is 0. The average Bonchev–Trinajstić information content (AvgIpc) is 2.46. The van der Waals surface area contributed by atoms with Crippen LogP contribution in [0.15, 0.2) is 48.5 Å². The maximum atomic E-state index is 10.0. The first-order valence-electron chi connectivity index (χ1n) is 7.29. The lowest BCUT2D eigenvalue weighted by Gasteiger charge is -2.36. The molecule has 1 heterocycles. The van der Waals surface area contributed by atoms with E-state index in [9.17, 15) is 5.11 Å². The van der Waals surface area contributed by atoms with Crippen molar-refractivity contribution in [1.82, 2.24) is 0 Å². The molecule has 2 nitrogen and oxygen atoms in total. The van der Waals surface area contributed by atoms with Gasteiger partial charge in [0.05, 0.1) is 6.10 Å². The van der Waals surface area contributed by atoms with Crippen molar-refractivity contribution in [2.45, 2.75) is 26.4 Å². The van der Waals surface area contributed by atoms with Crippen molar-refractivity contribution in [3.05, 3.63) is 59.7 Å². The molecule has 0 saturated carbocycles. The van der Waals surface area contributed by atoms with Gasteiger partial charge in [-0.15, -0.1) is 0 Å². The number of hydrogen-bond acceptors (Lipinski definition) is 2. The van der Waals surface area contributed by atoms with Crippen LogP contribution in [0.2, 0.25) is 0 Å². The Bertz CT molecular complexity index is 606. The van der Waals surface area contributed by atoms with Gasteiger partial charge in [0.25, 0.3) is 0 Å². The van der Waals surface area contributed by atoms with Gasteiger partial charge in [0.15, 0.2) is 0 Å². The molecule has 0 radical (unpaired) electrons. The number of hydrogen-bond donors (Lipinski definition) is 1. The number of para-hydroxylation sites is 2. The van der Waals surface area contributed by atoms with E-state index in [2.05, 4.69) is 42.2 Å². The van der Waals surface area contributed by atoms with Gasteiger partial charge in [-0.2, -0.15) is 0 Å². The zero-order valence-corrected chi connectivity index (χ0v) is 12.1. The number of fused-ring (bicyclic) bond motifs is 1. The molecule has 2 heteroatoms. The number of aliphatic hydroxyl groups is 1. The highest BCUT2D eigenvalue weighted by atomic mass is 16.3. The van der Waals surface area contributed by atoms with Gasteiger partial charge >= 0.3 is 0 Å². The molecule has 1 N–H and O–H groups in total. The largest absolute Gasteiger partial charge is 0.389 e. The van der Waals surface area contributed by atoms with Gasteiger partial charge in [0.1, 0.15) is 0 Å². The fourth-order valence-corrected chi connectivity index (χ4v) is 3.11. The standard InChI is InChI=1S/C18H21NO/c1-13-11-15-7-3-5-9-17(15)19(12-13)18-10-6-4-8-16(18)14(2)20/h3-10,13-14,20H,11-12H2,1-2H3/t13?,14-/m1/s1. The molecule has 2 atom stereocenters. The van der Waals surface area contributed by atoms with Crippen LogP contribution in [-0.4, -0.2) is 11.7 Å². The Labute approximate surface area is 120 Å². The third-order valence-electron chi connectivity index (χ3n) is 4.02. The summed E-state index contributed by atoms with van der Waals surface area (Å²) in [5, 5.41) is 10.0. The Morgan fingerprint density at radius 2 is 1.70 bits per heavy atom. The second-order valence-electron chi connectivity index (χ2n) is 5.78. The van der Waals surface area contributed by atoms with Crippen LogP contribution in [0, 0.1) is 5.92 Å². The summed E-state index contributed by atoms with van der Waals surface area (Å²) in [7, 11) is 0. The summed E-state index contributed by atoms with van der Waals surface area (Å²) >= 11 is 0. The minimum absolute atomic E-state index is 0.449. The highest BCUT2D eigenvalue weighted by Crippen LogP contribution is 2.38. The van der Waals surface area contributed by atoms with Crippen LogP contribution in [0.1, 0.15) is 31.1 Å². The summed E-state index contributed by atoms with van der Waals surface area (Å²) in [5.74, 6) is 0.618. The predicted molar refractivity (Wildman–Crippen MR) is 83.4 cm³/mol. The summed E-state index contributed by atoms with van der Waals surface area (Å²) in [6, 6.07) is 16.7. The molecule has 2 aromatic carbocycles. The molecule has 20 heavy (non-hydrogen) atoms. The summed E-state index contributed by atoms with van der Waals surface area (Å²) in [6.07, 6.45) is 0.680. The van der Waals surface area contributed by atoms with Crippen molar-refractivity contribution in [3.63, 3.8) is 0 Å². The molecule has 2 aromatic rings. The topological polar surface area (TPSA) is 23.5 Å². The van der Waals surface area contributed by atoms with E-state index in [0.717, 1.165) is 24.2 Å². The van der Waals surface area contributed by atoms with Crippen LogP contribution in [0.25, 0.3) is 0 Å². The second kappa shape index (κ2) is 5.29. The molecule has 1 aliphatic heterocycles. The van der Waals surface area contributed by atoms with Gasteiger partial charge in [-0.05, 0) is 37.0 Å². The molecule has 0 fully saturated rings. The highest BCUT2D eigenvalue weighted by molar-refractivity contribution is 5.70. The molecule has 0 spiro atoms. The van der Waals surface area contributed by atoms with Crippen LogP contribution < -0.4 is 4.90 Å². The maximum absolute atomic E-state index is 10.0. The van der Waals surface area contributed by atoms with Crippen molar-refractivity contribution >= 4 is 11.4 Å². The van der Waals surface area contributed by atoms with E-state index in [1.807, 2.05) is 25.1 Å². The molecule has 0 amide bonds. The Hall–Kier alpha value is -1.80. The number of rotatable bonds is 2. The van der Waals surface area contributed by atoms with Crippen molar-refractivity contribution in [2.24, 2.45) is 5.92 Å². The number of benzene rings is 2. The Kier molecular flexibility index (Phi) is 3.49. The molecule has 0 aliphatic carbocycles. The lowest BCUT2D eigenvalue weighted by molar-refractivity contribution is 0.199. The van der Waals surface area contributed by atoms with E-state index in [-0.39, 0.29) is 0 Å². The summed E-state index contributed by atoms with van der Waals surface area (Å²) in [5.41, 5.74) is 4.79. The fraction of sp³-hybridized carbons (Fsp3) is 0.333. The Balaban J connectivity index is 2.11. The molecule has 104 valence electrons. The van der Waals surface area contributed by atoms with Crippen molar-refractivity contribution in [1.29, 1.82) is 0 Å². The lowest BCUT2D eigenvalue weighted by atomic mass is 9.92. The molecule has 0 bridgehead atoms. The zero-order chi connectivity index (χ0) is 14.1. The first-order chi connectivity index (χ1) is 9.66. The predicted octanol–water partition coefficient (Wildman–Crippen LogP) is 4.07. The molecule has 1 unspecified atom stereocenters. The van der Waals surface area contributed by atoms with Gasteiger partial charge in [0, 0.05) is 23.5 Å². The fourth-order valence-electron chi connectivity index (χ4n) is 3.11. The van der Waals surface area contributed by atoms with Gasteiger partial charge in [-0.3, -0.25) is 0 Å². The van der Waals surface area contributed by atoms with Gasteiger partial charge in [-0.1, -0.05) is 43.3 Å². The SMILES string of the molecule is CC1Cc2ccccc2N(c2ccccc2[C@@H](C)O)C1. The third kappa shape index (κ3) is 2.32. The molecular formula is C18H21NO. The van der Waals surface area contributed by atoms with E-state index < -0.39 is 6.10 Å². The van der Waals surface area contributed by atoms with E-state index in [0.29, 0.717) is 5.92 Å².